The van der Waals surface area contributed by atoms with E-state index >= 15 is 0 Å². The molecule has 0 saturated heterocycles. The van der Waals surface area contributed by atoms with Crippen molar-refractivity contribution < 1.29 is 24.2 Å². The number of unbranched alkanes of at least 4 members (excludes halogenated alkanes) is 5. The van der Waals surface area contributed by atoms with E-state index in [1.165, 1.54) is 51.0 Å². The highest BCUT2D eigenvalue weighted by molar-refractivity contribution is 5.69. The molecule has 0 aromatic heterocycles. The molecular formula is C29H41NO5. The molecule has 0 radical (unpaired) electrons. The number of aliphatic hydroxyl groups excluding tert-OH is 1. The molecule has 192 valence electrons. The average Bonchev–Trinajstić information content (AvgIpc) is 2.88. The number of rotatable bonds is 16. The summed E-state index contributed by atoms with van der Waals surface area (Å²) in [5.41, 5.74) is 2.15. The number of hydrogen-bond acceptors (Lipinski definition) is 5. The molecule has 2 rings (SSSR count). The van der Waals surface area contributed by atoms with Gasteiger partial charge in [-0.15, -0.1) is 0 Å². The fourth-order valence-electron chi connectivity index (χ4n) is 3.92. The minimum absolute atomic E-state index is 0.113. The van der Waals surface area contributed by atoms with Crippen LogP contribution in [0.15, 0.2) is 54.6 Å². The Morgan fingerprint density at radius 1 is 0.829 bits per heavy atom. The Kier molecular flexibility index (Phi) is 12.9. The Hall–Kier alpha value is -2.86. The number of amides is 1. The van der Waals surface area contributed by atoms with Gasteiger partial charge in [-0.3, -0.25) is 4.79 Å². The number of nitrogens with one attached hydrogen (secondary N) is 1. The summed E-state index contributed by atoms with van der Waals surface area (Å²) in [6.45, 7) is 3.14. The molecule has 2 aromatic rings. The van der Waals surface area contributed by atoms with Gasteiger partial charge >= 0.3 is 12.1 Å². The highest BCUT2D eigenvalue weighted by Crippen LogP contribution is 2.18. The van der Waals surface area contributed by atoms with Gasteiger partial charge in [0.15, 0.2) is 0 Å². The summed E-state index contributed by atoms with van der Waals surface area (Å²) in [6.07, 6.45) is 9.11. The van der Waals surface area contributed by atoms with Gasteiger partial charge in [0.1, 0.15) is 18.8 Å². The minimum atomic E-state index is -1.13. The van der Waals surface area contributed by atoms with Gasteiger partial charge in [0.25, 0.3) is 0 Å². The highest BCUT2D eigenvalue weighted by atomic mass is 16.6. The van der Waals surface area contributed by atoms with E-state index in [0.717, 1.165) is 17.5 Å². The number of aryl methyl sites for hydroxylation is 2. The molecule has 2 aromatic carbocycles. The molecule has 1 amide bonds. The minimum Gasteiger partial charge on any atom is -0.463 e. The normalized spacial score (nSPS) is 12.5. The lowest BCUT2D eigenvalue weighted by Gasteiger charge is -2.32. The van der Waals surface area contributed by atoms with Crippen molar-refractivity contribution in [1.82, 2.24) is 5.32 Å². The number of carbonyl (C=O) groups excluding carboxylic acids is 2. The Morgan fingerprint density at radius 3 is 2.09 bits per heavy atom. The predicted octanol–water partition coefficient (Wildman–Crippen LogP) is 5.74. The third kappa shape index (κ3) is 11.4. The van der Waals surface area contributed by atoms with Crippen LogP contribution in [-0.4, -0.2) is 35.9 Å². The summed E-state index contributed by atoms with van der Waals surface area (Å²) in [7, 11) is 0. The van der Waals surface area contributed by atoms with Crippen molar-refractivity contribution in [2.45, 2.75) is 83.8 Å². The maximum Gasteiger partial charge on any atom is 0.408 e. The van der Waals surface area contributed by atoms with Crippen molar-refractivity contribution in [2.75, 3.05) is 13.2 Å². The van der Waals surface area contributed by atoms with Crippen LogP contribution in [0.4, 0.5) is 4.79 Å². The Labute approximate surface area is 210 Å². The first-order chi connectivity index (χ1) is 17.0. The lowest BCUT2D eigenvalue weighted by Crippen LogP contribution is -2.55. The number of ether oxygens (including phenoxy) is 2. The Bertz CT molecular complexity index is 868. The van der Waals surface area contributed by atoms with Gasteiger partial charge in [0.05, 0.1) is 6.61 Å². The van der Waals surface area contributed by atoms with Crippen LogP contribution >= 0.6 is 0 Å². The monoisotopic (exact) mass is 483 g/mol. The van der Waals surface area contributed by atoms with Gasteiger partial charge in [0.2, 0.25) is 0 Å². The van der Waals surface area contributed by atoms with Crippen LogP contribution in [0.25, 0.3) is 0 Å². The Balaban J connectivity index is 1.90. The first-order valence-electron chi connectivity index (χ1n) is 12.8. The SMILES string of the molecule is CCCCCCCCc1ccc(CC[C@@](CO)(COC(C)=O)NC(=O)OCc2ccccc2)cc1. The van der Waals surface area contributed by atoms with E-state index in [1.54, 1.807) is 0 Å². The van der Waals surface area contributed by atoms with Crippen LogP contribution < -0.4 is 5.32 Å². The van der Waals surface area contributed by atoms with E-state index in [4.69, 9.17) is 9.47 Å². The molecule has 0 aliphatic heterocycles. The van der Waals surface area contributed by atoms with Crippen molar-refractivity contribution >= 4 is 12.1 Å². The number of benzene rings is 2. The first-order valence-corrected chi connectivity index (χ1v) is 12.8. The quantitative estimate of drug-likeness (QED) is 0.235. The van der Waals surface area contributed by atoms with Crippen molar-refractivity contribution in [3.8, 4) is 0 Å². The fraction of sp³-hybridized carbons (Fsp3) is 0.517. The lowest BCUT2D eigenvalue weighted by atomic mass is 9.92. The summed E-state index contributed by atoms with van der Waals surface area (Å²) in [5.74, 6) is -0.471. The smallest absolute Gasteiger partial charge is 0.408 e. The largest absolute Gasteiger partial charge is 0.463 e. The molecule has 0 heterocycles. The van der Waals surface area contributed by atoms with Crippen LogP contribution in [0.3, 0.4) is 0 Å². The number of alkyl carbamates (subject to hydrolysis) is 1. The van der Waals surface area contributed by atoms with E-state index in [2.05, 4.69) is 36.5 Å². The van der Waals surface area contributed by atoms with E-state index in [-0.39, 0.29) is 19.8 Å². The predicted molar refractivity (Wildman–Crippen MR) is 138 cm³/mol. The van der Waals surface area contributed by atoms with Crippen molar-refractivity contribution in [1.29, 1.82) is 0 Å². The Morgan fingerprint density at radius 2 is 1.46 bits per heavy atom. The second kappa shape index (κ2) is 15.9. The topological polar surface area (TPSA) is 84.9 Å². The number of esters is 1. The van der Waals surface area contributed by atoms with Gasteiger partial charge in [-0.05, 0) is 42.4 Å². The molecule has 35 heavy (non-hydrogen) atoms. The van der Waals surface area contributed by atoms with Crippen molar-refractivity contribution in [3.63, 3.8) is 0 Å². The van der Waals surface area contributed by atoms with Crippen molar-refractivity contribution in [3.05, 3.63) is 71.3 Å². The average molecular weight is 484 g/mol. The molecular weight excluding hydrogens is 442 g/mol. The summed E-state index contributed by atoms with van der Waals surface area (Å²) < 4.78 is 10.5. The van der Waals surface area contributed by atoms with Gasteiger partial charge in [-0.2, -0.15) is 0 Å². The zero-order valence-corrected chi connectivity index (χ0v) is 21.3. The molecule has 2 N–H and O–H groups in total. The highest BCUT2D eigenvalue weighted by Gasteiger charge is 2.33. The zero-order valence-electron chi connectivity index (χ0n) is 21.3. The van der Waals surface area contributed by atoms with Gasteiger partial charge in [0, 0.05) is 6.92 Å². The summed E-state index contributed by atoms with van der Waals surface area (Å²) in [4.78, 5) is 23.9. The maximum absolute atomic E-state index is 12.5. The van der Waals surface area contributed by atoms with E-state index < -0.39 is 17.6 Å². The molecule has 0 aliphatic rings. The maximum atomic E-state index is 12.5. The van der Waals surface area contributed by atoms with Gasteiger partial charge < -0.3 is 19.9 Å². The molecule has 0 fully saturated rings. The van der Waals surface area contributed by atoms with E-state index in [9.17, 15) is 14.7 Å². The molecule has 0 bridgehead atoms. The van der Waals surface area contributed by atoms with Crippen molar-refractivity contribution in [2.24, 2.45) is 0 Å². The zero-order chi connectivity index (χ0) is 25.4. The number of hydrogen-bond donors (Lipinski definition) is 2. The van der Waals surface area contributed by atoms with Crippen LogP contribution in [0, 0.1) is 0 Å². The summed E-state index contributed by atoms with van der Waals surface area (Å²) in [5, 5.41) is 12.9. The summed E-state index contributed by atoms with van der Waals surface area (Å²) >= 11 is 0. The fourth-order valence-corrected chi connectivity index (χ4v) is 3.92. The molecule has 0 saturated carbocycles. The molecule has 1 atom stereocenters. The second-order valence-corrected chi connectivity index (χ2v) is 9.24. The van der Waals surface area contributed by atoms with Crippen LogP contribution in [0.2, 0.25) is 0 Å². The van der Waals surface area contributed by atoms with Crippen LogP contribution in [-0.2, 0) is 33.7 Å². The molecule has 0 spiro atoms. The van der Waals surface area contributed by atoms with Crippen LogP contribution in [0.5, 0.6) is 0 Å². The molecule has 0 unspecified atom stereocenters. The second-order valence-electron chi connectivity index (χ2n) is 9.24. The van der Waals surface area contributed by atoms with E-state index in [0.29, 0.717) is 12.8 Å². The number of aliphatic hydroxyl groups is 1. The van der Waals surface area contributed by atoms with Gasteiger partial charge in [-0.1, -0.05) is 93.6 Å². The van der Waals surface area contributed by atoms with E-state index in [1.807, 2.05) is 30.3 Å². The third-order valence-electron chi connectivity index (χ3n) is 6.17. The molecule has 6 nitrogen and oxygen atoms in total. The van der Waals surface area contributed by atoms with Crippen LogP contribution in [0.1, 0.15) is 75.5 Å². The lowest BCUT2D eigenvalue weighted by molar-refractivity contribution is -0.144. The molecule has 0 aliphatic carbocycles. The molecule has 6 heteroatoms. The third-order valence-corrected chi connectivity index (χ3v) is 6.17. The number of carbonyl (C=O) groups is 2. The standard InChI is InChI=1S/C29H41NO5/c1-3-4-5-6-7-9-12-25-15-17-26(18-16-25)19-20-29(22-31,23-35-24(2)32)30-28(33)34-21-27-13-10-8-11-14-27/h8,10-11,13-18,31H,3-7,9,12,19-23H2,1-2H3,(H,30,33)/t29-/m1/s1. The van der Waals surface area contributed by atoms with Gasteiger partial charge in [-0.25, -0.2) is 4.79 Å². The first kappa shape index (κ1) is 28.4. The summed E-state index contributed by atoms with van der Waals surface area (Å²) in [6, 6.07) is 17.8.